The summed E-state index contributed by atoms with van der Waals surface area (Å²) in [5.74, 6) is 2.43. The minimum atomic E-state index is -0.157. The lowest BCUT2D eigenvalue weighted by Gasteiger charge is -2.27. The largest absolute Gasteiger partial charge is 0.491 e. The maximum atomic E-state index is 9.79. The van der Waals surface area contributed by atoms with Gasteiger partial charge in [0, 0.05) is 7.11 Å². The Morgan fingerprint density at radius 2 is 1.74 bits per heavy atom. The first-order valence-corrected chi connectivity index (χ1v) is 9.09. The molecule has 2 aliphatic carbocycles. The number of hydrogen-bond donors (Lipinski definition) is 1. The van der Waals surface area contributed by atoms with Gasteiger partial charge in [0.25, 0.3) is 0 Å². The average molecular weight is 320 g/mol. The Morgan fingerprint density at radius 1 is 1.04 bits per heavy atom. The van der Waals surface area contributed by atoms with Gasteiger partial charge in [-0.1, -0.05) is 50.8 Å². The molecule has 0 radical (unpaired) electrons. The second kappa shape index (κ2) is 9.94. The summed E-state index contributed by atoms with van der Waals surface area (Å²) in [6.45, 7) is 3.48. The zero-order chi connectivity index (χ0) is 16.5. The molecule has 0 amide bonds. The molecular weight excluding hydrogens is 288 g/mol. The highest BCUT2D eigenvalue weighted by molar-refractivity contribution is 5.36. The Labute approximate surface area is 141 Å². The third-order valence-corrected chi connectivity index (χ3v) is 4.94. The van der Waals surface area contributed by atoms with E-state index in [0.717, 1.165) is 37.4 Å². The molecule has 0 saturated heterocycles. The van der Waals surface area contributed by atoms with Crippen LogP contribution in [0.1, 0.15) is 63.4 Å². The first-order chi connectivity index (χ1) is 11.2. The molecule has 2 aliphatic rings. The molecule has 3 rings (SSSR count). The van der Waals surface area contributed by atoms with Crippen LogP contribution in [0, 0.1) is 5.92 Å². The summed E-state index contributed by atoms with van der Waals surface area (Å²) in [7, 11) is 1.67. The van der Waals surface area contributed by atoms with Crippen LogP contribution < -0.4 is 4.74 Å². The molecule has 2 unspecified atom stereocenters. The van der Waals surface area contributed by atoms with E-state index in [1.165, 1.54) is 24.8 Å². The zero-order valence-corrected chi connectivity index (χ0v) is 14.7. The van der Waals surface area contributed by atoms with Crippen molar-refractivity contribution in [3.05, 3.63) is 29.8 Å². The summed E-state index contributed by atoms with van der Waals surface area (Å²) in [4.78, 5) is 0. The summed E-state index contributed by atoms with van der Waals surface area (Å²) in [5.41, 5.74) is 1.23. The third kappa shape index (κ3) is 6.15. The number of benzene rings is 1. The number of rotatable bonds is 5. The summed E-state index contributed by atoms with van der Waals surface area (Å²) in [5, 5.41) is 9.79. The first-order valence-electron chi connectivity index (χ1n) is 9.09. The van der Waals surface area contributed by atoms with Crippen LogP contribution in [0.4, 0.5) is 0 Å². The first kappa shape index (κ1) is 18.3. The van der Waals surface area contributed by atoms with Crippen molar-refractivity contribution in [3.8, 4) is 5.75 Å². The molecule has 2 saturated carbocycles. The third-order valence-electron chi connectivity index (χ3n) is 4.94. The molecule has 23 heavy (non-hydrogen) atoms. The lowest BCUT2D eigenvalue weighted by molar-refractivity contribution is 0.117. The van der Waals surface area contributed by atoms with Crippen LogP contribution in [0.3, 0.4) is 0 Å². The molecule has 0 spiro atoms. The molecule has 3 heteroatoms. The number of ether oxygens (including phenoxy) is 2. The maximum Gasteiger partial charge on any atom is 0.122 e. The summed E-state index contributed by atoms with van der Waals surface area (Å²) < 4.78 is 10.8. The van der Waals surface area contributed by atoms with Crippen molar-refractivity contribution in [2.75, 3.05) is 20.3 Å². The standard InChI is InChI=1S/C15H22O3.C5H10/c1-17-9-10-18-15-8-3-2-7-14(15)12-5-4-6-13(16)11-12;1-5-3-2-4-5/h2-3,7-8,12-13,16H,4-6,9-11H2,1H3;5H,2-4H2,1H3. The molecule has 1 aromatic carbocycles. The van der Waals surface area contributed by atoms with Gasteiger partial charge in [-0.25, -0.2) is 0 Å². The van der Waals surface area contributed by atoms with Gasteiger partial charge in [-0.15, -0.1) is 0 Å². The van der Waals surface area contributed by atoms with E-state index in [1.807, 2.05) is 18.2 Å². The van der Waals surface area contributed by atoms with E-state index >= 15 is 0 Å². The van der Waals surface area contributed by atoms with Gasteiger partial charge in [0.05, 0.1) is 12.7 Å². The fourth-order valence-corrected chi connectivity index (χ4v) is 3.24. The Hall–Kier alpha value is -1.06. The minimum Gasteiger partial charge on any atom is -0.491 e. The van der Waals surface area contributed by atoms with Crippen LogP contribution in [-0.4, -0.2) is 31.5 Å². The lowest BCUT2D eigenvalue weighted by Crippen LogP contribution is -2.19. The van der Waals surface area contributed by atoms with Gasteiger partial charge < -0.3 is 14.6 Å². The Kier molecular flexibility index (Phi) is 7.90. The van der Waals surface area contributed by atoms with Crippen molar-refractivity contribution >= 4 is 0 Å². The van der Waals surface area contributed by atoms with Gasteiger partial charge >= 0.3 is 0 Å². The fraction of sp³-hybridized carbons (Fsp3) is 0.700. The average Bonchev–Trinajstić information content (AvgIpc) is 2.54. The molecule has 0 bridgehead atoms. The molecule has 0 heterocycles. The van der Waals surface area contributed by atoms with Crippen molar-refractivity contribution < 1.29 is 14.6 Å². The van der Waals surface area contributed by atoms with E-state index in [1.54, 1.807) is 7.11 Å². The van der Waals surface area contributed by atoms with Crippen molar-refractivity contribution in [2.24, 2.45) is 5.92 Å². The van der Waals surface area contributed by atoms with Gasteiger partial charge in [-0.3, -0.25) is 0 Å². The highest BCUT2D eigenvalue weighted by atomic mass is 16.5. The van der Waals surface area contributed by atoms with E-state index in [9.17, 15) is 5.11 Å². The molecule has 2 atom stereocenters. The van der Waals surface area contributed by atoms with E-state index in [-0.39, 0.29) is 6.10 Å². The van der Waals surface area contributed by atoms with Crippen molar-refractivity contribution in [2.45, 2.75) is 63.9 Å². The van der Waals surface area contributed by atoms with Gasteiger partial charge in [-0.2, -0.15) is 0 Å². The normalized spacial score (nSPS) is 24.3. The second-order valence-electron chi connectivity index (χ2n) is 6.93. The van der Waals surface area contributed by atoms with Crippen LogP contribution in [0.15, 0.2) is 24.3 Å². The van der Waals surface area contributed by atoms with Crippen LogP contribution in [0.25, 0.3) is 0 Å². The van der Waals surface area contributed by atoms with Gasteiger partial charge in [0.15, 0.2) is 0 Å². The predicted molar refractivity (Wildman–Crippen MR) is 94.0 cm³/mol. The molecule has 130 valence electrons. The highest BCUT2D eigenvalue weighted by Gasteiger charge is 2.23. The van der Waals surface area contributed by atoms with E-state index < -0.39 is 0 Å². The van der Waals surface area contributed by atoms with Gasteiger partial charge in [-0.05, 0) is 42.7 Å². The minimum absolute atomic E-state index is 0.157. The smallest absolute Gasteiger partial charge is 0.122 e. The van der Waals surface area contributed by atoms with Gasteiger partial charge in [0.2, 0.25) is 0 Å². The molecule has 3 nitrogen and oxygen atoms in total. The van der Waals surface area contributed by atoms with Crippen molar-refractivity contribution in [1.29, 1.82) is 0 Å². The van der Waals surface area contributed by atoms with Crippen LogP contribution in [0.2, 0.25) is 0 Å². The zero-order valence-electron chi connectivity index (χ0n) is 14.7. The molecule has 2 fully saturated rings. The Balaban J connectivity index is 0.000000326. The number of para-hydroxylation sites is 1. The molecule has 1 N–H and O–H groups in total. The number of methoxy groups -OCH3 is 1. The van der Waals surface area contributed by atoms with Gasteiger partial charge in [0.1, 0.15) is 12.4 Å². The lowest BCUT2D eigenvalue weighted by atomic mass is 9.82. The summed E-state index contributed by atoms with van der Waals surface area (Å²) >= 11 is 0. The SMILES string of the molecule is CC1CCC1.COCCOc1ccccc1C1CCCC(O)C1. The van der Waals surface area contributed by atoms with E-state index in [4.69, 9.17) is 9.47 Å². The predicted octanol–water partition coefficient (Wildman–Crippen LogP) is 4.54. The van der Waals surface area contributed by atoms with Crippen molar-refractivity contribution in [3.63, 3.8) is 0 Å². The highest BCUT2D eigenvalue weighted by Crippen LogP contribution is 2.37. The topological polar surface area (TPSA) is 38.7 Å². The molecule has 0 aliphatic heterocycles. The van der Waals surface area contributed by atoms with E-state index in [2.05, 4.69) is 13.0 Å². The summed E-state index contributed by atoms with van der Waals surface area (Å²) in [6, 6.07) is 8.15. The number of hydrogen-bond acceptors (Lipinski definition) is 3. The Morgan fingerprint density at radius 3 is 2.35 bits per heavy atom. The van der Waals surface area contributed by atoms with Crippen LogP contribution in [0.5, 0.6) is 5.75 Å². The van der Waals surface area contributed by atoms with Crippen LogP contribution in [-0.2, 0) is 4.74 Å². The number of aliphatic hydroxyl groups is 1. The van der Waals surface area contributed by atoms with Crippen molar-refractivity contribution in [1.82, 2.24) is 0 Å². The second-order valence-corrected chi connectivity index (χ2v) is 6.93. The van der Waals surface area contributed by atoms with E-state index in [0.29, 0.717) is 19.1 Å². The fourth-order valence-electron chi connectivity index (χ4n) is 3.24. The summed E-state index contributed by atoms with van der Waals surface area (Å²) in [6.07, 6.45) is 8.32. The maximum absolute atomic E-state index is 9.79. The quantitative estimate of drug-likeness (QED) is 0.810. The van der Waals surface area contributed by atoms with Crippen LogP contribution >= 0.6 is 0 Å². The Bertz CT molecular complexity index is 442. The number of aliphatic hydroxyl groups excluding tert-OH is 1. The molecule has 1 aromatic rings. The molecular formula is C20H32O3. The molecule has 0 aromatic heterocycles. The monoisotopic (exact) mass is 320 g/mol.